The molecular formula is C18H28N2. The Hall–Kier alpha value is -1.02. The molecule has 1 aromatic carbocycles. The second-order valence-electron chi connectivity index (χ2n) is 7.04. The molecule has 0 bridgehead atoms. The number of nitrogens with one attached hydrogen (secondary N) is 1. The van der Waals surface area contributed by atoms with Gasteiger partial charge in [0, 0.05) is 30.4 Å². The Balaban J connectivity index is 1.86. The number of nitrogens with zero attached hydrogens (tertiary/aromatic N) is 1. The molecule has 2 nitrogen and oxygen atoms in total. The number of benzene rings is 1. The molecule has 1 saturated carbocycles. The summed E-state index contributed by atoms with van der Waals surface area (Å²) in [5.74, 6) is 0. The zero-order chi connectivity index (χ0) is 14.2. The van der Waals surface area contributed by atoms with Gasteiger partial charge in [-0.3, -0.25) is 0 Å². The molecular weight excluding hydrogens is 244 g/mol. The molecule has 2 aliphatic rings. The first-order chi connectivity index (χ1) is 9.58. The maximum atomic E-state index is 3.87. The predicted molar refractivity (Wildman–Crippen MR) is 86.5 cm³/mol. The van der Waals surface area contributed by atoms with Crippen molar-refractivity contribution in [1.29, 1.82) is 0 Å². The van der Waals surface area contributed by atoms with Crippen LogP contribution in [0, 0.1) is 13.8 Å². The van der Waals surface area contributed by atoms with E-state index in [1.807, 2.05) is 0 Å². The van der Waals surface area contributed by atoms with Crippen LogP contribution in [0.15, 0.2) is 18.2 Å². The molecule has 3 rings (SSSR count). The third kappa shape index (κ3) is 2.71. The third-order valence-electron chi connectivity index (χ3n) is 5.13. The van der Waals surface area contributed by atoms with Crippen molar-refractivity contribution in [3.05, 3.63) is 29.3 Å². The molecule has 2 fully saturated rings. The predicted octanol–water partition coefficient (Wildman–Crippen LogP) is 3.80. The number of anilines is 1. The first-order valence-electron chi connectivity index (χ1n) is 8.18. The van der Waals surface area contributed by atoms with E-state index >= 15 is 0 Å². The van der Waals surface area contributed by atoms with Crippen molar-refractivity contribution >= 4 is 5.69 Å². The van der Waals surface area contributed by atoms with E-state index in [-0.39, 0.29) is 0 Å². The number of rotatable bonds is 1. The van der Waals surface area contributed by atoms with Crippen LogP contribution in [0.1, 0.15) is 50.2 Å². The molecule has 2 heteroatoms. The second-order valence-corrected chi connectivity index (χ2v) is 7.04. The molecule has 1 aromatic rings. The normalized spacial score (nSPS) is 25.9. The number of aryl methyl sites for hydroxylation is 2. The third-order valence-corrected chi connectivity index (χ3v) is 5.13. The standard InChI is InChI=1S/C18H28N2/c1-14-9-15(2)11-17(10-14)20-13-18(19-12-16(20)3)7-5-4-6-8-18/h9-11,16,19H,4-8,12-13H2,1-3H3. The largest absolute Gasteiger partial charge is 0.366 e. The Labute approximate surface area is 123 Å². The van der Waals surface area contributed by atoms with E-state index in [1.165, 1.54) is 55.5 Å². The Morgan fingerprint density at radius 2 is 1.70 bits per heavy atom. The van der Waals surface area contributed by atoms with Crippen LogP contribution in [0.5, 0.6) is 0 Å². The molecule has 0 aromatic heterocycles. The first kappa shape index (κ1) is 13.9. The van der Waals surface area contributed by atoms with Crippen LogP contribution in [0.2, 0.25) is 0 Å². The SMILES string of the molecule is Cc1cc(C)cc(N2CC3(CCCCC3)NCC2C)c1. The summed E-state index contributed by atoms with van der Waals surface area (Å²) < 4.78 is 0. The fourth-order valence-corrected chi connectivity index (χ4v) is 4.04. The van der Waals surface area contributed by atoms with Gasteiger partial charge in [0.15, 0.2) is 0 Å². The van der Waals surface area contributed by atoms with Gasteiger partial charge in [0.05, 0.1) is 0 Å². The van der Waals surface area contributed by atoms with Gasteiger partial charge >= 0.3 is 0 Å². The van der Waals surface area contributed by atoms with E-state index in [0.717, 1.165) is 6.54 Å². The van der Waals surface area contributed by atoms with Gasteiger partial charge in [0.2, 0.25) is 0 Å². The van der Waals surface area contributed by atoms with Crippen LogP contribution in [0.4, 0.5) is 5.69 Å². The Kier molecular flexibility index (Phi) is 3.76. The van der Waals surface area contributed by atoms with E-state index in [0.29, 0.717) is 11.6 Å². The molecule has 110 valence electrons. The van der Waals surface area contributed by atoms with Crippen molar-refractivity contribution in [3.63, 3.8) is 0 Å². The molecule has 1 aliphatic heterocycles. The lowest BCUT2D eigenvalue weighted by molar-refractivity contribution is 0.200. The Bertz CT molecular complexity index is 454. The number of hydrogen-bond acceptors (Lipinski definition) is 2. The van der Waals surface area contributed by atoms with Gasteiger partial charge in [-0.25, -0.2) is 0 Å². The highest BCUT2D eigenvalue weighted by Gasteiger charge is 2.38. The van der Waals surface area contributed by atoms with Crippen molar-refractivity contribution in [1.82, 2.24) is 5.32 Å². The minimum atomic E-state index is 0.377. The lowest BCUT2D eigenvalue weighted by Crippen LogP contribution is -2.64. The van der Waals surface area contributed by atoms with Gasteiger partial charge in [0.25, 0.3) is 0 Å². The molecule has 1 spiro atoms. The highest BCUT2D eigenvalue weighted by molar-refractivity contribution is 5.52. The van der Waals surface area contributed by atoms with E-state index in [2.05, 4.69) is 49.2 Å². The molecule has 1 heterocycles. The molecule has 20 heavy (non-hydrogen) atoms. The van der Waals surface area contributed by atoms with Gasteiger partial charge in [-0.15, -0.1) is 0 Å². The van der Waals surface area contributed by atoms with Crippen molar-refractivity contribution in [2.75, 3.05) is 18.0 Å². The van der Waals surface area contributed by atoms with Crippen LogP contribution in [0.25, 0.3) is 0 Å². The van der Waals surface area contributed by atoms with E-state index in [1.54, 1.807) is 0 Å². The molecule has 0 radical (unpaired) electrons. The zero-order valence-electron chi connectivity index (χ0n) is 13.2. The van der Waals surface area contributed by atoms with Gasteiger partial charge in [-0.1, -0.05) is 25.3 Å². The summed E-state index contributed by atoms with van der Waals surface area (Å²) in [5.41, 5.74) is 4.55. The Morgan fingerprint density at radius 1 is 1.05 bits per heavy atom. The van der Waals surface area contributed by atoms with Gasteiger partial charge in [0.1, 0.15) is 0 Å². The summed E-state index contributed by atoms with van der Waals surface area (Å²) in [5, 5.41) is 3.87. The maximum Gasteiger partial charge on any atom is 0.0387 e. The van der Waals surface area contributed by atoms with E-state index in [4.69, 9.17) is 0 Å². The van der Waals surface area contributed by atoms with Crippen molar-refractivity contribution in [3.8, 4) is 0 Å². The summed E-state index contributed by atoms with van der Waals surface area (Å²) >= 11 is 0. The monoisotopic (exact) mass is 272 g/mol. The fourth-order valence-electron chi connectivity index (χ4n) is 4.04. The Morgan fingerprint density at radius 3 is 2.35 bits per heavy atom. The summed E-state index contributed by atoms with van der Waals surface area (Å²) in [6.07, 6.45) is 6.90. The second kappa shape index (κ2) is 5.40. The molecule has 1 atom stereocenters. The van der Waals surface area contributed by atoms with Crippen molar-refractivity contribution in [2.45, 2.75) is 64.5 Å². The van der Waals surface area contributed by atoms with Gasteiger partial charge < -0.3 is 10.2 Å². The summed E-state index contributed by atoms with van der Waals surface area (Å²) in [6.45, 7) is 9.06. The van der Waals surface area contributed by atoms with Gasteiger partial charge in [-0.2, -0.15) is 0 Å². The van der Waals surface area contributed by atoms with Crippen LogP contribution < -0.4 is 10.2 Å². The minimum Gasteiger partial charge on any atom is -0.366 e. The molecule has 1 N–H and O–H groups in total. The van der Waals surface area contributed by atoms with Crippen LogP contribution >= 0.6 is 0 Å². The van der Waals surface area contributed by atoms with Gasteiger partial charge in [-0.05, 0) is 56.9 Å². The average molecular weight is 272 g/mol. The average Bonchev–Trinajstić information content (AvgIpc) is 2.42. The first-order valence-corrected chi connectivity index (χ1v) is 8.18. The van der Waals surface area contributed by atoms with Crippen LogP contribution in [0.3, 0.4) is 0 Å². The maximum absolute atomic E-state index is 3.87. The lowest BCUT2D eigenvalue weighted by atomic mass is 9.79. The number of hydrogen-bond donors (Lipinski definition) is 1. The van der Waals surface area contributed by atoms with Crippen molar-refractivity contribution < 1.29 is 0 Å². The summed E-state index contributed by atoms with van der Waals surface area (Å²) in [7, 11) is 0. The molecule has 1 unspecified atom stereocenters. The minimum absolute atomic E-state index is 0.377. The molecule has 0 amide bonds. The summed E-state index contributed by atoms with van der Waals surface area (Å²) in [4.78, 5) is 2.64. The quantitative estimate of drug-likeness (QED) is 0.836. The van der Waals surface area contributed by atoms with Crippen LogP contribution in [-0.4, -0.2) is 24.7 Å². The van der Waals surface area contributed by atoms with Crippen molar-refractivity contribution in [2.24, 2.45) is 0 Å². The highest BCUT2D eigenvalue weighted by Crippen LogP contribution is 2.34. The summed E-state index contributed by atoms with van der Waals surface area (Å²) in [6, 6.07) is 7.56. The number of piperazine rings is 1. The smallest absolute Gasteiger partial charge is 0.0387 e. The van der Waals surface area contributed by atoms with Crippen LogP contribution in [-0.2, 0) is 0 Å². The topological polar surface area (TPSA) is 15.3 Å². The highest BCUT2D eigenvalue weighted by atomic mass is 15.3. The molecule has 1 aliphatic carbocycles. The lowest BCUT2D eigenvalue weighted by Gasteiger charge is -2.50. The fraction of sp³-hybridized carbons (Fsp3) is 0.667. The molecule has 1 saturated heterocycles. The van der Waals surface area contributed by atoms with E-state index in [9.17, 15) is 0 Å². The zero-order valence-corrected chi connectivity index (χ0v) is 13.2. The van der Waals surface area contributed by atoms with E-state index < -0.39 is 0 Å².